The Morgan fingerprint density at radius 3 is 2.24 bits per heavy atom. The molecule has 8 nitrogen and oxygen atoms in total. The molecule has 10 heteroatoms. The fourth-order valence-electron chi connectivity index (χ4n) is 11.0. The molecule has 3 saturated carbocycles. The van der Waals surface area contributed by atoms with Crippen LogP contribution in [0.5, 0.6) is 0 Å². The minimum atomic E-state index is -4.08. The van der Waals surface area contributed by atoms with Crippen molar-refractivity contribution < 1.29 is 13.2 Å². The molecule has 6 aliphatic rings. The van der Waals surface area contributed by atoms with Gasteiger partial charge in [0.1, 0.15) is 0 Å². The number of allylic oxidation sites excluding steroid dienone is 1. The highest BCUT2D eigenvalue weighted by molar-refractivity contribution is 7.99. The summed E-state index contributed by atoms with van der Waals surface area (Å²) in [5.41, 5.74) is 8.25. The van der Waals surface area contributed by atoms with E-state index in [-0.39, 0.29) is 10.9 Å². The first kappa shape index (κ1) is 42.4. The lowest BCUT2D eigenvalue weighted by Crippen LogP contribution is -2.61. The van der Waals surface area contributed by atoms with Gasteiger partial charge in [-0.3, -0.25) is 9.69 Å². The largest absolute Gasteiger partial charge is 0.381 e. The number of piperazine rings is 1. The lowest BCUT2D eigenvalue weighted by atomic mass is 9.33. The second-order valence-corrected chi connectivity index (χ2v) is 22.8. The summed E-state index contributed by atoms with van der Waals surface area (Å²) in [6.07, 6.45) is 11.6. The van der Waals surface area contributed by atoms with Gasteiger partial charge in [0.2, 0.25) is 0 Å². The molecule has 318 valence electrons. The number of anilines is 2. The van der Waals surface area contributed by atoms with Gasteiger partial charge in [0.05, 0.1) is 4.90 Å². The third kappa shape index (κ3) is 9.92. The highest BCUT2D eigenvalue weighted by Gasteiger charge is 2.66. The number of likely N-dealkylation sites (tertiary alicyclic amines) is 1. The Hall–Kier alpha value is -3.31. The summed E-state index contributed by atoms with van der Waals surface area (Å²) in [6, 6.07) is 23.2. The molecule has 0 radical (unpaired) electrons. The third-order valence-electron chi connectivity index (χ3n) is 14.3. The number of aryl methyl sites for hydroxylation is 1. The van der Waals surface area contributed by atoms with E-state index in [1.165, 1.54) is 56.3 Å². The zero-order chi connectivity index (χ0) is 41.4. The molecule has 1 atom stereocenters. The van der Waals surface area contributed by atoms with Crippen LogP contribution in [0.25, 0.3) is 0 Å². The first-order chi connectivity index (χ1) is 28.2. The van der Waals surface area contributed by atoms with Crippen LogP contribution in [0.15, 0.2) is 93.7 Å². The second kappa shape index (κ2) is 17.2. The average molecular weight is 838 g/mol. The van der Waals surface area contributed by atoms with Crippen molar-refractivity contribution >= 4 is 39.1 Å². The first-order valence-corrected chi connectivity index (χ1v) is 24.8. The number of amides is 1. The standard InChI is InChI=1S/C49H67N5O3S2/c1-36-18-22-52(23-19-36)24-20-40(32-58-42-9-7-6-8-10-42)50-45-16-15-43(29-37(45)2)59(56,57)51-46(55)38-11-13-41(14-12-38)54-27-25-53(26-28-54)31-39-30-47(3,4)21-17-44(39)49-33-48(5,34-49)35-49/h6-16,29,36,40,50H,17-28,30-35H2,1-5H3,(H,51,55)/t40-,48?,49?/m1/s1. The Labute approximate surface area is 359 Å². The van der Waals surface area contributed by atoms with Crippen LogP contribution >= 0.6 is 11.8 Å². The maximum absolute atomic E-state index is 13.5. The van der Waals surface area contributed by atoms with Gasteiger partial charge in [0, 0.05) is 72.9 Å². The molecule has 9 rings (SSSR count). The van der Waals surface area contributed by atoms with Crippen molar-refractivity contribution in [3.8, 4) is 0 Å². The second-order valence-electron chi connectivity index (χ2n) is 20.0. The Morgan fingerprint density at radius 1 is 0.881 bits per heavy atom. The lowest BCUT2D eigenvalue weighted by Gasteiger charge is -2.72. The van der Waals surface area contributed by atoms with Gasteiger partial charge in [0.15, 0.2) is 0 Å². The minimum absolute atomic E-state index is 0.0826. The van der Waals surface area contributed by atoms with Crippen LogP contribution in [-0.4, -0.2) is 88.3 Å². The topological polar surface area (TPSA) is 85.0 Å². The Morgan fingerprint density at radius 2 is 1.58 bits per heavy atom. The molecular weight excluding hydrogens is 771 g/mol. The van der Waals surface area contributed by atoms with Crippen molar-refractivity contribution in [3.05, 3.63) is 95.1 Å². The summed E-state index contributed by atoms with van der Waals surface area (Å²) in [5, 5.41) is 3.74. The van der Waals surface area contributed by atoms with Crippen molar-refractivity contribution in [1.82, 2.24) is 14.5 Å². The molecule has 2 heterocycles. The first-order valence-electron chi connectivity index (χ1n) is 22.3. The molecule has 2 saturated heterocycles. The van der Waals surface area contributed by atoms with Crippen LogP contribution in [0, 0.1) is 29.1 Å². The van der Waals surface area contributed by atoms with Crippen molar-refractivity contribution in [2.24, 2.45) is 22.2 Å². The van der Waals surface area contributed by atoms with Crippen molar-refractivity contribution in [3.63, 3.8) is 0 Å². The van der Waals surface area contributed by atoms with Crippen LogP contribution in [0.4, 0.5) is 11.4 Å². The Bertz CT molecular complexity index is 2080. The van der Waals surface area contributed by atoms with Crippen molar-refractivity contribution in [1.29, 1.82) is 0 Å². The van der Waals surface area contributed by atoms with Gasteiger partial charge in [-0.25, -0.2) is 13.1 Å². The van der Waals surface area contributed by atoms with Crippen molar-refractivity contribution in [2.45, 2.75) is 108 Å². The summed E-state index contributed by atoms with van der Waals surface area (Å²) < 4.78 is 29.4. The van der Waals surface area contributed by atoms with E-state index in [2.05, 4.69) is 76.7 Å². The van der Waals surface area contributed by atoms with E-state index >= 15 is 0 Å². The maximum atomic E-state index is 13.5. The highest BCUT2D eigenvalue weighted by atomic mass is 32.2. The smallest absolute Gasteiger partial charge is 0.264 e. The molecule has 0 unspecified atom stereocenters. The van der Waals surface area contributed by atoms with E-state index in [4.69, 9.17) is 0 Å². The quantitative estimate of drug-likeness (QED) is 0.116. The molecule has 3 aromatic carbocycles. The number of thioether (sulfide) groups is 1. The normalized spacial score (nSPS) is 25.5. The van der Waals surface area contributed by atoms with Crippen LogP contribution < -0.4 is 14.9 Å². The third-order valence-corrected chi connectivity index (χ3v) is 16.9. The van der Waals surface area contributed by atoms with Gasteiger partial charge in [-0.1, -0.05) is 57.0 Å². The molecule has 1 amide bonds. The SMILES string of the molecule is Cc1cc(S(=O)(=O)NC(=O)c2ccc(N3CCN(CC4=C(C56CC(C)(C5)C6)CCC(C)(C)C4)CC3)cc2)ccc1N[C@H](CCN1CCC(C)CC1)CSc1ccccc1. The lowest BCUT2D eigenvalue weighted by molar-refractivity contribution is -0.166. The molecule has 5 fully saturated rings. The number of carbonyl (C=O) groups is 1. The summed E-state index contributed by atoms with van der Waals surface area (Å²) in [5.74, 6) is 1.08. The van der Waals surface area contributed by atoms with E-state index in [0.29, 0.717) is 21.8 Å². The fraction of sp³-hybridized carbons (Fsp3) is 0.571. The van der Waals surface area contributed by atoms with E-state index in [1.54, 1.807) is 29.8 Å². The van der Waals surface area contributed by atoms with Crippen LogP contribution in [0.2, 0.25) is 0 Å². The van der Waals surface area contributed by atoms with Gasteiger partial charge in [-0.05, 0) is 160 Å². The number of nitrogens with zero attached hydrogens (tertiary/aromatic N) is 3. The summed E-state index contributed by atoms with van der Waals surface area (Å²) in [6.45, 7) is 20.0. The summed E-state index contributed by atoms with van der Waals surface area (Å²) in [7, 11) is -4.08. The summed E-state index contributed by atoms with van der Waals surface area (Å²) >= 11 is 1.84. The molecule has 0 aromatic heterocycles. The molecule has 59 heavy (non-hydrogen) atoms. The number of hydrogen-bond donors (Lipinski definition) is 2. The maximum Gasteiger partial charge on any atom is 0.264 e. The number of nitrogens with one attached hydrogen (secondary N) is 2. The molecule has 4 aliphatic carbocycles. The zero-order valence-corrected chi connectivity index (χ0v) is 37.8. The number of piperidine rings is 1. The van der Waals surface area contributed by atoms with Crippen molar-refractivity contribution in [2.75, 3.05) is 68.3 Å². The average Bonchev–Trinajstić information content (AvgIpc) is 3.19. The highest BCUT2D eigenvalue weighted by Crippen LogP contribution is 2.77. The Balaban J connectivity index is 0.846. The van der Waals surface area contributed by atoms with Gasteiger partial charge >= 0.3 is 0 Å². The predicted octanol–water partition coefficient (Wildman–Crippen LogP) is 9.63. The van der Waals surface area contributed by atoms with Crippen LogP contribution in [0.1, 0.15) is 101 Å². The van der Waals surface area contributed by atoms with Crippen LogP contribution in [0.3, 0.4) is 0 Å². The predicted molar refractivity (Wildman–Crippen MR) is 244 cm³/mol. The zero-order valence-electron chi connectivity index (χ0n) is 36.2. The van der Waals surface area contributed by atoms with Gasteiger partial charge in [-0.2, -0.15) is 0 Å². The number of sulfonamides is 1. The fourth-order valence-corrected chi connectivity index (χ4v) is 13.1. The summed E-state index contributed by atoms with van der Waals surface area (Å²) in [4.78, 5) is 22.2. The van der Waals surface area contributed by atoms with Gasteiger partial charge < -0.3 is 15.1 Å². The molecule has 2 aliphatic heterocycles. The molecule has 3 aromatic rings. The van der Waals surface area contributed by atoms with Gasteiger partial charge in [0.25, 0.3) is 15.9 Å². The van der Waals surface area contributed by atoms with E-state index < -0.39 is 15.9 Å². The Kier molecular flexibility index (Phi) is 12.4. The number of benzene rings is 3. The minimum Gasteiger partial charge on any atom is -0.381 e. The molecular formula is C49H67N5O3S2. The van der Waals surface area contributed by atoms with E-state index in [1.807, 2.05) is 48.5 Å². The van der Waals surface area contributed by atoms with E-state index in [0.717, 1.165) is 87.4 Å². The van der Waals surface area contributed by atoms with E-state index in [9.17, 15) is 13.2 Å². The molecule has 2 N–H and O–H groups in total. The monoisotopic (exact) mass is 837 g/mol. The molecule has 2 bridgehead atoms. The van der Waals surface area contributed by atoms with Crippen LogP contribution in [-0.2, 0) is 10.0 Å². The molecule has 0 spiro atoms. The number of rotatable bonds is 15. The van der Waals surface area contributed by atoms with Gasteiger partial charge in [-0.15, -0.1) is 11.8 Å². The number of carbonyl (C=O) groups excluding carboxylic acids is 1. The number of hydrogen-bond acceptors (Lipinski definition) is 8.